The summed E-state index contributed by atoms with van der Waals surface area (Å²) in [6.07, 6.45) is 8.53. The minimum absolute atomic E-state index is 0.0909. The molecule has 0 radical (unpaired) electrons. The first-order chi connectivity index (χ1) is 13.6. The number of amides is 1. The van der Waals surface area contributed by atoms with Crippen LogP contribution in [0.1, 0.15) is 50.5 Å². The molecule has 4 saturated carbocycles. The van der Waals surface area contributed by atoms with Crippen molar-refractivity contribution in [2.75, 3.05) is 5.32 Å². The molecule has 0 aliphatic heterocycles. The summed E-state index contributed by atoms with van der Waals surface area (Å²) in [5.74, 6) is 3.11. The van der Waals surface area contributed by atoms with Crippen molar-refractivity contribution in [2.45, 2.75) is 55.9 Å². The predicted molar refractivity (Wildman–Crippen MR) is 110 cm³/mol. The fraction of sp³-hybridized carbons (Fsp3) is 0.571. The second-order valence-electron chi connectivity index (χ2n) is 8.94. The van der Waals surface area contributed by atoms with Gasteiger partial charge in [0.1, 0.15) is 5.82 Å². The number of hydrogen-bond acceptors (Lipinski definition) is 5. The second-order valence-corrected chi connectivity index (χ2v) is 10.6. The molecule has 148 valence electrons. The molecule has 4 bridgehead atoms. The maximum atomic E-state index is 13.0. The summed E-state index contributed by atoms with van der Waals surface area (Å²) in [4.78, 5) is 17.1. The largest absolute Gasteiger partial charge is 0.301 e. The maximum absolute atomic E-state index is 13.0. The molecule has 0 atom stereocenters. The number of thioether (sulfide) groups is 1. The summed E-state index contributed by atoms with van der Waals surface area (Å²) < 4.78 is 17.3. The fourth-order valence-electron chi connectivity index (χ4n) is 6.06. The van der Waals surface area contributed by atoms with Crippen LogP contribution in [0.5, 0.6) is 0 Å². The van der Waals surface area contributed by atoms with Crippen LogP contribution in [0.2, 0.25) is 0 Å². The third kappa shape index (κ3) is 3.96. The topological polar surface area (TPSA) is 54.9 Å². The van der Waals surface area contributed by atoms with E-state index in [0.29, 0.717) is 22.5 Å². The molecule has 1 heterocycles. The molecule has 1 amide bonds. The Bertz CT molecular complexity index is 832. The van der Waals surface area contributed by atoms with Crippen molar-refractivity contribution in [3.63, 3.8) is 0 Å². The van der Waals surface area contributed by atoms with Gasteiger partial charge in [-0.15, -0.1) is 0 Å². The first-order valence-electron chi connectivity index (χ1n) is 10.1. The standard InChI is InChI=1S/C21H24FN3OS2/c22-17-3-1-13(2-4-17)12-27-20-24-19(28-25-20)23-18(26)11-21-8-14-5-15(9-21)7-16(6-14)10-21/h1-4,14-16H,5-12H2,(H,23,24,25,26). The van der Waals surface area contributed by atoms with Crippen LogP contribution in [-0.4, -0.2) is 15.3 Å². The molecule has 4 aliphatic rings. The predicted octanol–water partition coefficient (Wildman–Crippen LogP) is 5.51. The number of anilines is 1. The lowest BCUT2D eigenvalue weighted by Crippen LogP contribution is -2.47. The van der Waals surface area contributed by atoms with Gasteiger partial charge < -0.3 is 5.32 Å². The Morgan fingerprint density at radius 1 is 1.14 bits per heavy atom. The maximum Gasteiger partial charge on any atom is 0.226 e. The molecule has 2 aromatic rings. The highest BCUT2D eigenvalue weighted by Gasteiger charge is 2.51. The molecular formula is C21H24FN3OS2. The van der Waals surface area contributed by atoms with Gasteiger partial charge in [0.25, 0.3) is 0 Å². The number of halogens is 1. The van der Waals surface area contributed by atoms with Crippen LogP contribution in [0.15, 0.2) is 29.4 Å². The first kappa shape index (κ1) is 18.6. The smallest absolute Gasteiger partial charge is 0.226 e. The minimum Gasteiger partial charge on any atom is -0.301 e. The number of benzene rings is 1. The number of carbonyl (C=O) groups excluding carboxylic acids is 1. The van der Waals surface area contributed by atoms with Gasteiger partial charge in [-0.05, 0) is 79.4 Å². The van der Waals surface area contributed by atoms with E-state index < -0.39 is 0 Å². The average Bonchev–Trinajstić information content (AvgIpc) is 3.06. The van der Waals surface area contributed by atoms with Crippen LogP contribution in [0.3, 0.4) is 0 Å². The van der Waals surface area contributed by atoms with Gasteiger partial charge in [0.05, 0.1) is 0 Å². The van der Waals surface area contributed by atoms with Crippen molar-refractivity contribution in [3.05, 3.63) is 35.6 Å². The zero-order valence-electron chi connectivity index (χ0n) is 15.7. The molecule has 0 spiro atoms. The van der Waals surface area contributed by atoms with Crippen molar-refractivity contribution >= 4 is 34.3 Å². The number of rotatable bonds is 6. The van der Waals surface area contributed by atoms with Gasteiger partial charge in [-0.25, -0.2) is 4.39 Å². The Labute approximate surface area is 172 Å². The Morgan fingerprint density at radius 3 is 2.43 bits per heavy atom. The molecule has 4 fully saturated rings. The van der Waals surface area contributed by atoms with Gasteiger partial charge in [-0.1, -0.05) is 23.9 Å². The quantitative estimate of drug-likeness (QED) is 0.629. The van der Waals surface area contributed by atoms with Crippen LogP contribution in [-0.2, 0) is 10.5 Å². The Balaban J connectivity index is 1.16. The van der Waals surface area contributed by atoms with Gasteiger partial charge in [-0.2, -0.15) is 9.36 Å². The van der Waals surface area contributed by atoms with Crippen molar-refractivity contribution in [3.8, 4) is 0 Å². The Morgan fingerprint density at radius 2 is 1.79 bits per heavy atom. The zero-order chi connectivity index (χ0) is 19.1. The van der Waals surface area contributed by atoms with Crippen molar-refractivity contribution < 1.29 is 9.18 Å². The monoisotopic (exact) mass is 417 g/mol. The molecule has 0 saturated heterocycles. The highest BCUT2D eigenvalue weighted by molar-refractivity contribution is 7.98. The minimum atomic E-state index is -0.232. The van der Waals surface area contributed by atoms with E-state index in [4.69, 9.17) is 0 Å². The molecule has 1 N–H and O–H groups in total. The third-order valence-electron chi connectivity index (χ3n) is 6.64. The Hall–Kier alpha value is -1.47. The number of hydrogen-bond donors (Lipinski definition) is 1. The van der Waals surface area contributed by atoms with Crippen molar-refractivity contribution in [1.29, 1.82) is 0 Å². The van der Waals surface area contributed by atoms with Crippen LogP contribution >= 0.6 is 23.3 Å². The molecular weight excluding hydrogens is 393 g/mol. The van der Waals surface area contributed by atoms with Crippen LogP contribution in [0.4, 0.5) is 9.52 Å². The number of carbonyl (C=O) groups is 1. The summed E-state index contributed by atoms with van der Waals surface area (Å²) in [5, 5.41) is 4.22. The van der Waals surface area contributed by atoms with E-state index in [0.717, 1.165) is 23.3 Å². The van der Waals surface area contributed by atoms with Crippen LogP contribution in [0, 0.1) is 29.0 Å². The van der Waals surface area contributed by atoms with E-state index in [-0.39, 0.29) is 17.1 Å². The summed E-state index contributed by atoms with van der Waals surface area (Å²) in [6.45, 7) is 0. The highest BCUT2D eigenvalue weighted by Crippen LogP contribution is 2.61. The van der Waals surface area contributed by atoms with Gasteiger partial charge in [0, 0.05) is 23.7 Å². The lowest BCUT2D eigenvalue weighted by atomic mass is 9.49. The van der Waals surface area contributed by atoms with Crippen molar-refractivity contribution in [2.24, 2.45) is 23.2 Å². The third-order valence-corrected chi connectivity index (χ3v) is 8.30. The fourth-order valence-corrected chi connectivity index (χ4v) is 7.58. The van der Waals surface area contributed by atoms with Crippen molar-refractivity contribution in [1.82, 2.24) is 9.36 Å². The van der Waals surface area contributed by atoms with E-state index in [1.54, 1.807) is 12.1 Å². The van der Waals surface area contributed by atoms with Crippen LogP contribution in [0.25, 0.3) is 0 Å². The summed E-state index contributed by atoms with van der Waals surface area (Å²) in [7, 11) is 0. The van der Waals surface area contributed by atoms with E-state index in [2.05, 4.69) is 14.7 Å². The number of nitrogens with one attached hydrogen (secondary N) is 1. The first-order valence-corrected chi connectivity index (χ1v) is 11.8. The van der Waals surface area contributed by atoms with Gasteiger partial charge in [-0.3, -0.25) is 4.79 Å². The molecule has 28 heavy (non-hydrogen) atoms. The van der Waals surface area contributed by atoms with E-state index in [9.17, 15) is 9.18 Å². The molecule has 4 aliphatic carbocycles. The Kier molecular flexibility index (Phi) is 4.91. The van der Waals surface area contributed by atoms with Gasteiger partial charge in [0.2, 0.25) is 16.2 Å². The van der Waals surface area contributed by atoms with Crippen LogP contribution < -0.4 is 5.32 Å². The molecule has 1 aromatic heterocycles. The summed E-state index contributed by atoms with van der Waals surface area (Å²) >= 11 is 2.73. The molecule has 7 heteroatoms. The molecule has 4 nitrogen and oxygen atoms in total. The van der Waals surface area contributed by atoms with E-state index in [1.165, 1.54) is 74.0 Å². The lowest BCUT2D eigenvalue weighted by molar-refractivity contribution is -0.124. The zero-order valence-corrected chi connectivity index (χ0v) is 17.3. The molecule has 6 rings (SSSR count). The highest BCUT2D eigenvalue weighted by atomic mass is 32.2. The van der Waals surface area contributed by atoms with Gasteiger partial charge >= 0.3 is 0 Å². The summed E-state index contributed by atoms with van der Waals surface area (Å²) in [5.41, 5.74) is 1.26. The van der Waals surface area contributed by atoms with Gasteiger partial charge in [0.15, 0.2) is 0 Å². The number of aromatic nitrogens is 2. The number of nitrogens with zero attached hydrogens (tertiary/aromatic N) is 2. The van der Waals surface area contributed by atoms with E-state index >= 15 is 0 Å². The molecule has 1 aromatic carbocycles. The normalized spacial score (nSPS) is 30.5. The lowest BCUT2D eigenvalue weighted by Gasteiger charge is -2.56. The SMILES string of the molecule is O=C(CC12CC3CC(CC(C3)C1)C2)Nc1nc(SCc2ccc(F)cc2)ns1. The van der Waals surface area contributed by atoms with E-state index in [1.807, 2.05) is 0 Å². The summed E-state index contributed by atoms with van der Waals surface area (Å²) in [6, 6.07) is 6.45. The average molecular weight is 418 g/mol. The second kappa shape index (κ2) is 7.41. The molecule has 0 unspecified atom stereocenters.